The molecule has 15 heavy (non-hydrogen) atoms. The van der Waals surface area contributed by atoms with Gasteiger partial charge in [-0.2, -0.15) is 0 Å². The fraction of sp³-hybridized carbons (Fsp3) is 0.273. The van der Waals surface area contributed by atoms with Crippen LogP contribution in [0.15, 0.2) is 30.3 Å². The van der Waals surface area contributed by atoms with Crippen LogP contribution in [-0.2, 0) is 9.59 Å². The molecule has 0 spiro atoms. The first-order valence-corrected chi connectivity index (χ1v) is 4.90. The summed E-state index contributed by atoms with van der Waals surface area (Å²) < 4.78 is 0. The van der Waals surface area contributed by atoms with Crippen LogP contribution in [0.2, 0.25) is 0 Å². The summed E-state index contributed by atoms with van der Waals surface area (Å²) in [5.41, 5.74) is 1.28. The molecule has 0 aliphatic heterocycles. The monoisotopic (exact) mass is 227 g/mol. The zero-order valence-corrected chi connectivity index (χ0v) is 9.57. The number of para-hydroxylation sites is 1. The Bertz CT molecular complexity index is 301. The number of hydrogen-bond acceptors (Lipinski definition) is 3. The molecule has 3 nitrogen and oxygen atoms in total. The average molecular weight is 228 g/mol. The van der Waals surface area contributed by atoms with Gasteiger partial charge in [0.1, 0.15) is 0 Å². The third-order valence-electron chi connectivity index (χ3n) is 1.76. The number of carbonyl (C=O) groups excluding carboxylic acids is 2. The molecule has 0 N–H and O–H groups in total. The Morgan fingerprint density at radius 3 is 2.20 bits per heavy atom. The molecule has 4 heteroatoms. The Labute approximate surface area is 94.6 Å². The second kappa shape index (κ2) is 8.00. The van der Waals surface area contributed by atoms with E-state index in [1.807, 2.05) is 6.07 Å². The molecule has 1 aromatic carbocycles. The quantitative estimate of drug-likeness (QED) is 0.451. The van der Waals surface area contributed by atoms with Gasteiger partial charge in [0.2, 0.25) is 6.29 Å². The largest absolute Gasteiger partial charge is 0.375 e. The third-order valence-corrected chi connectivity index (χ3v) is 1.85. The molecule has 1 rings (SSSR count). The van der Waals surface area contributed by atoms with Crippen LogP contribution in [0.25, 0.3) is 0 Å². The second-order valence-electron chi connectivity index (χ2n) is 2.77. The van der Waals surface area contributed by atoms with Crippen molar-refractivity contribution in [2.45, 2.75) is 6.92 Å². The first kappa shape index (κ1) is 13.7. The number of halogens is 1. The molecule has 0 saturated heterocycles. The van der Waals surface area contributed by atoms with E-state index < -0.39 is 5.24 Å². The van der Waals surface area contributed by atoms with Gasteiger partial charge in [-0.05, 0) is 30.7 Å². The van der Waals surface area contributed by atoms with Crippen molar-refractivity contribution in [2.24, 2.45) is 0 Å². The zero-order chi connectivity index (χ0) is 11.7. The van der Waals surface area contributed by atoms with Gasteiger partial charge in [-0.3, -0.25) is 9.59 Å². The Balaban J connectivity index is 0.000000336. The Morgan fingerprint density at radius 2 is 1.87 bits per heavy atom. The maximum absolute atomic E-state index is 9.21. The van der Waals surface area contributed by atoms with Crippen LogP contribution >= 0.6 is 11.6 Å². The predicted molar refractivity (Wildman–Crippen MR) is 62.3 cm³/mol. The lowest BCUT2D eigenvalue weighted by atomic mass is 10.3. The number of anilines is 1. The Kier molecular flexibility index (Phi) is 7.28. The number of benzene rings is 1. The lowest BCUT2D eigenvalue weighted by molar-refractivity contribution is -0.124. The Morgan fingerprint density at radius 1 is 1.40 bits per heavy atom. The van der Waals surface area contributed by atoms with Crippen LogP contribution in [-0.4, -0.2) is 25.1 Å². The van der Waals surface area contributed by atoms with Crippen molar-refractivity contribution in [1.82, 2.24) is 0 Å². The van der Waals surface area contributed by atoms with Crippen molar-refractivity contribution in [3.63, 3.8) is 0 Å². The lowest BCUT2D eigenvalue weighted by Crippen LogP contribution is -2.15. The van der Waals surface area contributed by atoms with E-state index in [9.17, 15) is 4.79 Å². The SMILES string of the molecule is CCN(C)c1ccccc1.O=CC(=O)Cl. The fourth-order valence-electron chi connectivity index (χ4n) is 0.865. The standard InChI is InChI=1S/C9H13N.C2HClO2/c1-3-10(2)9-7-5-4-6-8-9;3-2(5)1-4/h4-8H,3H2,1-2H3;1H. The fourth-order valence-corrected chi connectivity index (χ4v) is 0.865. The molecule has 0 amide bonds. The third kappa shape index (κ3) is 6.69. The van der Waals surface area contributed by atoms with E-state index in [2.05, 4.69) is 54.7 Å². The van der Waals surface area contributed by atoms with Crippen LogP contribution in [0, 0.1) is 0 Å². The number of hydrogen-bond donors (Lipinski definition) is 0. The lowest BCUT2D eigenvalue weighted by Gasteiger charge is -2.15. The first-order valence-electron chi connectivity index (χ1n) is 4.52. The van der Waals surface area contributed by atoms with E-state index in [0.29, 0.717) is 0 Å². The molecule has 0 atom stereocenters. The van der Waals surface area contributed by atoms with E-state index >= 15 is 0 Å². The van der Waals surface area contributed by atoms with Crippen LogP contribution in [0.1, 0.15) is 6.92 Å². The molecule has 0 bridgehead atoms. The van der Waals surface area contributed by atoms with Crippen molar-refractivity contribution in [1.29, 1.82) is 0 Å². The summed E-state index contributed by atoms with van der Waals surface area (Å²) in [4.78, 5) is 20.4. The van der Waals surface area contributed by atoms with Gasteiger partial charge in [-0.15, -0.1) is 0 Å². The zero-order valence-electron chi connectivity index (χ0n) is 8.81. The minimum atomic E-state index is -0.954. The summed E-state index contributed by atoms with van der Waals surface area (Å²) in [6.45, 7) is 3.21. The molecule has 0 aliphatic rings. The van der Waals surface area contributed by atoms with Crippen LogP contribution in [0.3, 0.4) is 0 Å². The number of aldehydes is 1. The van der Waals surface area contributed by atoms with Crippen molar-refractivity contribution in [3.8, 4) is 0 Å². The van der Waals surface area contributed by atoms with Gasteiger partial charge in [-0.1, -0.05) is 18.2 Å². The van der Waals surface area contributed by atoms with E-state index in [1.54, 1.807) is 0 Å². The highest BCUT2D eigenvalue weighted by Gasteiger charge is 1.92. The smallest absolute Gasteiger partial charge is 0.284 e. The molecule has 0 aliphatic carbocycles. The molecule has 0 unspecified atom stereocenters. The summed E-state index contributed by atoms with van der Waals surface area (Å²) in [6.07, 6.45) is 0.0432. The van der Waals surface area contributed by atoms with Gasteiger partial charge in [0, 0.05) is 19.3 Å². The maximum Gasteiger partial charge on any atom is 0.284 e. The summed E-state index contributed by atoms with van der Waals surface area (Å²) in [6, 6.07) is 10.4. The molecule has 82 valence electrons. The molecular weight excluding hydrogens is 214 g/mol. The van der Waals surface area contributed by atoms with Gasteiger partial charge >= 0.3 is 0 Å². The van der Waals surface area contributed by atoms with Crippen molar-refractivity contribution < 1.29 is 9.59 Å². The Hall–Kier alpha value is -1.35. The average Bonchev–Trinajstić information content (AvgIpc) is 2.30. The second-order valence-corrected chi connectivity index (χ2v) is 3.14. The summed E-state index contributed by atoms with van der Waals surface area (Å²) in [5, 5.41) is -0.954. The van der Waals surface area contributed by atoms with Crippen LogP contribution in [0.5, 0.6) is 0 Å². The topological polar surface area (TPSA) is 37.4 Å². The summed E-state index contributed by atoms with van der Waals surface area (Å²) in [7, 11) is 2.09. The van der Waals surface area contributed by atoms with Gasteiger partial charge in [0.25, 0.3) is 5.24 Å². The van der Waals surface area contributed by atoms with E-state index in [0.717, 1.165) is 6.54 Å². The molecule has 0 fully saturated rings. The molecule has 0 saturated carbocycles. The first-order chi connectivity index (χ1) is 7.11. The van der Waals surface area contributed by atoms with E-state index in [4.69, 9.17) is 4.79 Å². The van der Waals surface area contributed by atoms with Crippen molar-refractivity contribution in [2.75, 3.05) is 18.5 Å². The van der Waals surface area contributed by atoms with Gasteiger partial charge in [-0.25, -0.2) is 0 Å². The number of carbonyl (C=O) groups is 2. The highest BCUT2D eigenvalue weighted by Crippen LogP contribution is 2.09. The van der Waals surface area contributed by atoms with Gasteiger partial charge in [0.05, 0.1) is 0 Å². The van der Waals surface area contributed by atoms with E-state index in [-0.39, 0.29) is 6.29 Å². The molecular formula is C11H14ClNO2. The highest BCUT2D eigenvalue weighted by atomic mass is 35.5. The van der Waals surface area contributed by atoms with Gasteiger partial charge in [0.15, 0.2) is 0 Å². The van der Waals surface area contributed by atoms with Crippen LogP contribution < -0.4 is 4.90 Å². The highest BCUT2D eigenvalue weighted by molar-refractivity contribution is 6.77. The molecule has 1 aromatic rings. The van der Waals surface area contributed by atoms with E-state index in [1.165, 1.54) is 5.69 Å². The molecule has 0 radical (unpaired) electrons. The maximum atomic E-state index is 9.21. The summed E-state index contributed by atoms with van der Waals surface area (Å²) in [5.74, 6) is 0. The minimum Gasteiger partial charge on any atom is -0.375 e. The number of rotatable bonds is 3. The predicted octanol–water partition coefficient (Wildman–Crippen LogP) is 2.09. The van der Waals surface area contributed by atoms with Crippen molar-refractivity contribution >= 4 is 28.8 Å². The van der Waals surface area contributed by atoms with Crippen molar-refractivity contribution in [3.05, 3.63) is 30.3 Å². The van der Waals surface area contributed by atoms with Gasteiger partial charge < -0.3 is 4.90 Å². The molecule has 0 aromatic heterocycles. The number of nitrogens with zero attached hydrogens (tertiary/aromatic N) is 1. The molecule has 0 heterocycles. The minimum absolute atomic E-state index is 0.0432. The van der Waals surface area contributed by atoms with Crippen LogP contribution in [0.4, 0.5) is 5.69 Å². The summed E-state index contributed by atoms with van der Waals surface area (Å²) >= 11 is 4.46. The normalized spacial score (nSPS) is 8.47.